The van der Waals surface area contributed by atoms with Gasteiger partial charge in [0.1, 0.15) is 0 Å². The Morgan fingerprint density at radius 3 is 2.90 bits per heavy atom. The van der Waals surface area contributed by atoms with Crippen LogP contribution < -0.4 is 5.32 Å². The van der Waals surface area contributed by atoms with Crippen molar-refractivity contribution in [3.05, 3.63) is 11.8 Å². The normalized spacial score (nSPS) is 13.2. The Bertz CT molecular complexity index is 375. The molecule has 5 nitrogen and oxygen atoms in total. The van der Waals surface area contributed by atoms with Crippen LogP contribution in [0.2, 0.25) is 0 Å². The number of carbonyl (C=O) groups excluding carboxylic acids is 2. The number of aliphatic imine (C=N–C) groups is 1. The highest BCUT2D eigenvalue weighted by Gasteiger charge is 2.06. The lowest BCUT2D eigenvalue weighted by Crippen LogP contribution is -2.24. The zero-order valence-electron chi connectivity index (χ0n) is 12.2. The first-order valence-corrected chi connectivity index (χ1v) is 7.34. The van der Waals surface area contributed by atoms with Gasteiger partial charge >= 0.3 is 5.97 Å². The molecule has 0 atom stereocenters. The summed E-state index contributed by atoms with van der Waals surface area (Å²) in [5.74, 6) is -0.217. The largest absolute Gasteiger partial charge is 0.466 e. The number of esters is 1. The summed E-state index contributed by atoms with van der Waals surface area (Å²) in [6.07, 6.45) is 8.57. The molecule has 1 aliphatic rings. The number of ether oxygens (including phenoxy) is 1. The Labute approximate surface area is 120 Å². The van der Waals surface area contributed by atoms with Crippen LogP contribution >= 0.6 is 0 Å². The molecule has 0 aliphatic carbocycles. The van der Waals surface area contributed by atoms with Gasteiger partial charge in [0.2, 0.25) is 5.91 Å². The van der Waals surface area contributed by atoms with Crippen LogP contribution in [-0.4, -0.2) is 31.2 Å². The maximum atomic E-state index is 11.5. The second-order valence-electron chi connectivity index (χ2n) is 4.85. The number of nitrogens with one attached hydrogen (secondary N) is 1. The second kappa shape index (κ2) is 10.2. The van der Waals surface area contributed by atoms with Gasteiger partial charge in [0.15, 0.2) is 0 Å². The van der Waals surface area contributed by atoms with E-state index in [1.807, 2.05) is 19.3 Å². The van der Waals surface area contributed by atoms with E-state index in [0.717, 1.165) is 25.7 Å². The predicted octanol–water partition coefficient (Wildman–Crippen LogP) is 2.36. The van der Waals surface area contributed by atoms with E-state index in [1.54, 1.807) is 0 Å². The van der Waals surface area contributed by atoms with E-state index in [1.165, 1.54) is 5.57 Å². The molecule has 0 saturated carbocycles. The van der Waals surface area contributed by atoms with Crippen molar-refractivity contribution in [1.29, 1.82) is 0 Å². The summed E-state index contributed by atoms with van der Waals surface area (Å²) in [4.78, 5) is 26.9. The van der Waals surface area contributed by atoms with Crippen molar-refractivity contribution in [2.75, 3.05) is 13.2 Å². The number of hydrogen-bond acceptors (Lipinski definition) is 4. The summed E-state index contributed by atoms with van der Waals surface area (Å²) in [5.41, 5.74) is 1.24. The number of amides is 1. The van der Waals surface area contributed by atoms with Gasteiger partial charge in [0.05, 0.1) is 6.61 Å². The lowest BCUT2D eigenvalue weighted by Gasteiger charge is -2.06. The Balaban J connectivity index is 1.95. The van der Waals surface area contributed by atoms with E-state index in [0.29, 0.717) is 32.4 Å². The standard InChI is InChI=1S/C15H24N2O3/c1-2-3-11-20-15(19)6-4-5-14(18)17-10-8-13-7-9-16-12-13/h9,12H,2-8,10-11H2,1H3,(H,17,18). The lowest BCUT2D eigenvalue weighted by atomic mass is 10.1. The molecular formula is C15H24N2O3. The molecule has 1 rings (SSSR count). The molecule has 0 bridgehead atoms. The van der Waals surface area contributed by atoms with Crippen molar-refractivity contribution in [2.24, 2.45) is 4.99 Å². The molecule has 1 N–H and O–H groups in total. The minimum Gasteiger partial charge on any atom is -0.466 e. The molecule has 5 heteroatoms. The average molecular weight is 280 g/mol. The first kappa shape index (κ1) is 16.4. The molecule has 0 unspecified atom stereocenters. The fourth-order valence-electron chi connectivity index (χ4n) is 1.79. The van der Waals surface area contributed by atoms with Gasteiger partial charge in [-0.2, -0.15) is 0 Å². The quantitative estimate of drug-likeness (QED) is 0.493. The Morgan fingerprint density at radius 2 is 2.20 bits per heavy atom. The highest BCUT2D eigenvalue weighted by molar-refractivity contribution is 5.77. The van der Waals surface area contributed by atoms with Gasteiger partial charge in [0.25, 0.3) is 0 Å². The van der Waals surface area contributed by atoms with E-state index < -0.39 is 0 Å². The van der Waals surface area contributed by atoms with E-state index in [9.17, 15) is 9.59 Å². The molecule has 0 spiro atoms. The number of hydrogen-bond donors (Lipinski definition) is 1. The number of carbonyl (C=O) groups is 2. The topological polar surface area (TPSA) is 67.8 Å². The maximum Gasteiger partial charge on any atom is 0.305 e. The van der Waals surface area contributed by atoms with E-state index in [2.05, 4.69) is 10.3 Å². The zero-order chi connectivity index (χ0) is 14.6. The van der Waals surface area contributed by atoms with Crippen LogP contribution in [-0.2, 0) is 14.3 Å². The Morgan fingerprint density at radius 1 is 1.35 bits per heavy atom. The minimum absolute atomic E-state index is 0.00845. The SMILES string of the molecule is CCCCOC(=O)CCCC(=O)NCCC1=CN=CC1. The van der Waals surface area contributed by atoms with Crippen molar-refractivity contribution >= 4 is 18.1 Å². The molecule has 0 aromatic carbocycles. The van der Waals surface area contributed by atoms with Gasteiger partial charge in [-0.05, 0) is 24.8 Å². The van der Waals surface area contributed by atoms with Gasteiger partial charge in [-0.1, -0.05) is 13.3 Å². The van der Waals surface area contributed by atoms with Crippen LogP contribution in [0.3, 0.4) is 0 Å². The van der Waals surface area contributed by atoms with Crippen molar-refractivity contribution < 1.29 is 14.3 Å². The summed E-state index contributed by atoms with van der Waals surface area (Å²) in [6, 6.07) is 0. The third kappa shape index (κ3) is 7.71. The number of unbranched alkanes of at least 4 members (excludes halogenated alkanes) is 1. The second-order valence-corrected chi connectivity index (χ2v) is 4.85. The zero-order valence-corrected chi connectivity index (χ0v) is 12.2. The van der Waals surface area contributed by atoms with Crippen molar-refractivity contribution in [2.45, 2.75) is 51.9 Å². The summed E-state index contributed by atoms with van der Waals surface area (Å²) in [5, 5.41) is 2.85. The summed E-state index contributed by atoms with van der Waals surface area (Å²) in [6.45, 7) is 3.17. The molecule has 20 heavy (non-hydrogen) atoms. The van der Waals surface area contributed by atoms with Crippen molar-refractivity contribution in [3.8, 4) is 0 Å². The Hall–Kier alpha value is -1.65. The van der Waals surface area contributed by atoms with Gasteiger partial charge in [-0.25, -0.2) is 0 Å². The van der Waals surface area contributed by atoms with Gasteiger partial charge < -0.3 is 10.1 Å². The fourth-order valence-corrected chi connectivity index (χ4v) is 1.79. The van der Waals surface area contributed by atoms with Crippen LogP contribution in [0.4, 0.5) is 0 Å². The van der Waals surface area contributed by atoms with Crippen LogP contribution in [0, 0.1) is 0 Å². The fraction of sp³-hybridized carbons (Fsp3) is 0.667. The summed E-state index contributed by atoms with van der Waals surface area (Å²) < 4.78 is 5.02. The molecule has 1 amide bonds. The summed E-state index contributed by atoms with van der Waals surface area (Å²) in [7, 11) is 0. The number of rotatable bonds is 10. The van der Waals surface area contributed by atoms with E-state index in [-0.39, 0.29) is 11.9 Å². The highest BCUT2D eigenvalue weighted by Crippen LogP contribution is 2.09. The van der Waals surface area contributed by atoms with E-state index >= 15 is 0 Å². The molecule has 0 aromatic heterocycles. The molecule has 0 aromatic rings. The van der Waals surface area contributed by atoms with Gasteiger partial charge in [-0.15, -0.1) is 0 Å². The monoisotopic (exact) mass is 280 g/mol. The maximum absolute atomic E-state index is 11.5. The molecule has 1 heterocycles. The molecule has 0 radical (unpaired) electrons. The molecule has 0 fully saturated rings. The molecule has 0 saturated heterocycles. The third-order valence-electron chi connectivity index (χ3n) is 3.03. The predicted molar refractivity (Wildman–Crippen MR) is 78.5 cm³/mol. The first-order chi connectivity index (χ1) is 9.72. The number of nitrogens with zero attached hydrogens (tertiary/aromatic N) is 1. The van der Waals surface area contributed by atoms with Crippen LogP contribution in [0.1, 0.15) is 51.9 Å². The van der Waals surface area contributed by atoms with Crippen molar-refractivity contribution in [3.63, 3.8) is 0 Å². The molecule has 112 valence electrons. The first-order valence-electron chi connectivity index (χ1n) is 7.34. The molecular weight excluding hydrogens is 256 g/mol. The highest BCUT2D eigenvalue weighted by atomic mass is 16.5. The van der Waals surface area contributed by atoms with Crippen LogP contribution in [0.5, 0.6) is 0 Å². The molecule has 1 aliphatic heterocycles. The minimum atomic E-state index is -0.209. The van der Waals surface area contributed by atoms with Gasteiger partial charge in [0, 0.05) is 38.2 Å². The smallest absolute Gasteiger partial charge is 0.305 e. The Kier molecular flexibility index (Phi) is 8.35. The van der Waals surface area contributed by atoms with Crippen LogP contribution in [0.25, 0.3) is 0 Å². The lowest BCUT2D eigenvalue weighted by molar-refractivity contribution is -0.143. The third-order valence-corrected chi connectivity index (χ3v) is 3.03. The van der Waals surface area contributed by atoms with Crippen LogP contribution in [0.15, 0.2) is 16.8 Å². The summed E-state index contributed by atoms with van der Waals surface area (Å²) >= 11 is 0. The van der Waals surface area contributed by atoms with Crippen molar-refractivity contribution in [1.82, 2.24) is 5.32 Å². The van der Waals surface area contributed by atoms with E-state index in [4.69, 9.17) is 4.74 Å². The van der Waals surface area contributed by atoms with Gasteiger partial charge in [-0.3, -0.25) is 14.6 Å². The average Bonchev–Trinajstić information content (AvgIpc) is 2.92.